The predicted octanol–water partition coefficient (Wildman–Crippen LogP) is 16.4. The Hall–Kier alpha value is -8.09. The Morgan fingerprint density at radius 3 is 2.12 bits per heavy atom. The topological polar surface area (TPSA) is 46.7 Å². The zero-order valence-corrected chi connectivity index (χ0v) is 38.2. The van der Waals surface area contributed by atoms with E-state index >= 15 is 0 Å². The Morgan fingerprint density at radius 1 is 0.552 bits per heavy atom. The molecule has 0 fully saturated rings. The minimum atomic E-state index is -0.181. The summed E-state index contributed by atoms with van der Waals surface area (Å²) in [4.78, 5) is 9.83. The molecule has 4 heterocycles. The number of pyridine rings is 1. The number of hydrogen-bond donors (Lipinski definition) is 0. The summed E-state index contributed by atoms with van der Waals surface area (Å²) in [6.45, 7) is 12.0. The van der Waals surface area contributed by atoms with Gasteiger partial charge in [0.1, 0.15) is 35.2 Å². The number of ether oxygens (including phenoxy) is 1. The fourth-order valence-electron chi connectivity index (χ4n) is 11.0. The van der Waals surface area contributed by atoms with Crippen molar-refractivity contribution in [3.05, 3.63) is 205 Å². The van der Waals surface area contributed by atoms with Crippen molar-refractivity contribution in [2.45, 2.75) is 45.4 Å². The zero-order chi connectivity index (χ0) is 45.2. The summed E-state index contributed by atoms with van der Waals surface area (Å²) in [6, 6.07) is 65.1. The van der Waals surface area contributed by atoms with Crippen LogP contribution in [0.1, 0.15) is 51.3 Å². The summed E-state index contributed by atoms with van der Waals surface area (Å²) in [7, 11) is 0. The van der Waals surface area contributed by atoms with Crippen LogP contribution in [0.4, 0.5) is 22.7 Å². The lowest BCUT2D eigenvalue weighted by Gasteiger charge is -2.28. The number of para-hydroxylation sites is 5. The summed E-state index contributed by atoms with van der Waals surface area (Å²) in [5.74, 6) is 2.41. The third-order valence-electron chi connectivity index (χ3n) is 14.3. The molecule has 0 saturated heterocycles. The Labute approximate surface area is 389 Å². The van der Waals surface area contributed by atoms with Crippen molar-refractivity contribution in [2.24, 2.45) is 0 Å². The van der Waals surface area contributed by atoms with E-state index in [1.165, 1.54) is 38.9 Å². The van der Waals surface area contributed by atoms with Crippen LogP contribution in [-0.2, 0) is 10.8 Å². The maximum Gasteiger partial charge on any atom is 0.143 e. The molecule has 0 N–H and O–H groups in total. The molecular weight excluding hydrogens is 821 g/mol. The van der Waals surface area contributed by atoms with Crippen LogP contribution in [0.3, 0.4) is 0 Å². The van der Waals surface area contributed by atoms with Crippen molar-refractivity contribution >= 4 is 66.5 Å². The van der Waals surface area contributed by atoms with Crippen LogP contribution in [0, 0.1) is 0 Å². The highest BCUT2D eigenvalue weighted by molar-refractivity contribution is 6.13. The second kappa shape index (κ2) is 14.5. The van der Waals surface area contributed by atoms with Gasteiger partial charge in [-0.1, -0.05) is 144 Å². The van der Waals surface area contributed by atoms with Gasteiger partial charge in [-0.15, -0.1) is 0 Å². The fraction of sp³-hybridized carbons (Fsp3) is 0.131. The highest BCUT2D eigenvalue weighted by Gasteiger charge is 2.41. The van der Waals surface area contributed by atoms with Gasteiger partial charge in [0.15, 0.2) is 0 Å². The average Bonchev–Trinajstić information content (AvgIpc) is 4.08. The van der Waals surface area contributed by atoms with Gasteiger partial charge >= 0.3 is 0 Å². The summed E-state index contributed by atoms with van der Waals surface area (Å²) >= 11 is 0. The highest BCUT2D eigenvalue weighted by atomic mass is 16.5. The Bertz CT molecular complexity index is 3810. The largest absolute Gasteiger partial charge is 0.457 e. The molecule has 1 aliphatic heterocycles. The van der Waals surface area contributed by atoms with Crippen LogP contribution < -0.4 is 14.5 Å². The van der Waals surface area contributed by atoms with Crippen molar-refractivity contribution in [2.75, 3.05) is 16.5 Å². The molecule has 0 spiro atoms. The van der Waals surface area contributed by atoms with Gasteiger partial charge in [-0.05, 0) is 88.3 Å². The van der Waals surface area contributed by atoms with Crippen LogP contribution in [0.2, 0.25) is 0 Å². The van der Waals surface area contributed by atoms with E-state index in [0.29, 0.717) is 6.67 Å². The third kappa shape index (κ3) is 5.99. The molecule has 0 amide bonds. The number of hydrogen-bond acceptors (Lipinski definition) is 5. The monoisotopic (exact) mass is 868 g/mol. The summed E-state index contributed by atoms with van der Waals surface area (Å²) in [6.07, 6.45) is 1.92. The van der Waals surface area contributed by atoms with Crippen molar-refractivity contribution in [1.29, 1.82) is 0 Å². The zero-order valence-electron chi connectivity index (χ0n) is 38.2. The number of anilines is 4. The average molecular weight is 869 g/mol. The highest BCUT2D eigenvalue weighted by Crippen LogP contribution is 2.58. The van der Waals surface area contributed by atoms with Crippen LogP contribution in [0.15, 0.2) is 193 Å². The van der Waals surface area contributed by atoms with Gasteiger partial charge in [-0.3, -0.25) is 4.57 Å². The molecule has 324 valence electrons. The smallest absolute Gasteiger partial charge is 0.143 e. The first-order valence-electron chi connectivity index (χ1n) is 23.2. The molecule has 11 aromatic rings. The van der Waals surface area contributed by atoms with Gasteiger partial charge in [-0.25, -0.2) is 4.98 Å². The Kier molecular flexibility index (Phi) is 8.48. The first-order chi connectivity index (χ1) is 32.6. The van der Waals surface area contributed by atoms with Gasteiger partial charge in [-0.2, -0.15) is 0 Å². The molecule has 0 saturated carbocycles. The number of furan rings is 1. The van der Waals surface area contributed by atoms with E-state index in [0.717, 1.165) is 83.9 Å². The first kappa shape index (κ1) is 39.3. The van der Waals surface area contributed by atoms with E-state index in [2.05, 4.69) is 219 Å². The maximum atomic E-state index is 6.83. The lowest BCUT2D eigenvalue weighted by atomic mass is 9.82. The molecule has 0 unspecified atom stereocenters. The molecule has 0 bridgehead atoms. The second-order valence-corrected chi connectivity index (χ2v) is 19.6. The maximum absolute atomic E-state index is 6.83. The van der Waals surface area contributed by atoms with E-state index in [-0.39, 0.29) is 10.8 Å². The molecular formula is C61H48N4O2. The Balaban J connectivity index is 0.925. The van der Waals surface area contributed by atoms with Crippen LogP contribution in [0.5, 0.6) is 11.5 Å². The van der Waals surface area contributed by atoms with E-state index in [9.17, 15) is 0 Å². The lowest BCUT2D eigenvalue weighted by molar-refractivity contribution is 0.483. The summed E-state index contributed by atoms with van der Waals surface area (Å²) in [5, 5.41) is 4.58. The molecule has 8 aromatic carbocycles. The fourth-order valence-corrected chi connectivity index (χ4v) is 11.0. The first-order valence-corrected chi connectivity index (χ1v) is 23.2. The number of nitrogens with zero attached hydrogens (tertiary/aromatic N) is 4. The van der Waals surface area contributed by atoms with Crippen LogP contribution in [-0.4, -0.2) is 16.2 Å². The predicted molar refractivity (Wildman–Crippen MR) is 276 cm³/mol. The van der Waals surface area contributed by atoms with Crippen molar-refractivity contribution < 1.29 is 9.15 Å². The number of rotatable bonds is 6. The van der Waals surface area contributed by atoms with Crippen molar-refractivity contribution in [1.82, 2.24) is 9.55 Å². The molecule has 1 aliphatic carbocycles. The number of benzene rings is 8. The van der Waals surface area contributed by atoms with Crippen molar-refractivity contribution in [3.8, 4) is 39.6 Å². The minimum absolute atomic E-state index is 0.0154. The van der Waals surface area contributed by atoms with Gasteiger partial charge in [0.2, 0.25) is 0 Å². The van der Waals surface area contributed by atoms with Crippen LogP contribution >= 0.6 is 0 Å². The molecule has 0 atom stereocenters. The van der Waals surface area contributed by atoms with Gasteiger partial charge < -0.3 is 19.0 Å². The Morgan fingerprint density at radius 2 is 1.25 bits per heavy atom. The van der Waals surface area contributed by atoms with E-state index in [1.807, 2.05) is 18.3 Å². The number of aromatic nitrogens is 2. The SMILES string of the molecule is CC(C)(C)c1ccnc(-n2c3ccccc3c3ccc(Oc4cccc(N5CN(c6c(-c7cccc8c7oc7ccccc78)ccc7c6-c6ccccc6C7(C)C)c6ccccc65)c4)cc32)c1. The lowest BCUT2D eigenvalue weighted by Crippen LogP contribution is -2.25. The van der Waals surface area contributed by atoms with Crippen molar-refractivity contribution in [3.63, 3.8) is 0 Å². The summed E-state index contributed by atoms with van der Waals surface area (Å²) < 4.78 is 15.8. The molecule has 67 heavy (non-hydrogen) atoms. The quantitative estimate of drug-likeness (QED) is 0.167. The summed E-state index contributed by atoms with van der Waals surface area (Å²) in [5.41, 5.74) is 16.9. The molecule has 3 aromatic heterocycles. The van der Waals surface area contributed by atoms with E-state index in [4.69, 9.17) is 14.1 Å². The van der Waals surface area contributed by atoms with Crippen LogP contribution in [0.25, 0.3) is 71.8 Å². The van der Waals surface area contributed by atoms with Gasteiger partial charge in [0.05, 0.1) is 28.1 Å². The molecule has 6 heteroatoms. The number of fused-ring (bicyclic) bond motifs is 10. The van der Waals surface area contributed by atoms with E-state index in [1.54, 1.807) is 0 Å². The van der Waals surface area contributed by atoms with Gasteiger partial charge in [0, 0.05) is 67.7 Å². The second-order valence-electron chi connectivity index (χ2n) is 19.6. The molecule has 0 radical (unpaired) electrons. The minimum Gasteiger partial charge on any atom is -0.457 e. The third-order valence-corrected chi connectivity index (χ3v) is 14.3. The van der Waals surface area contributed by atoms with Gasteiger partial charge in [0.25, 0.3) is 0 Å². The molecule has 6 nitrogen and oxygen atoms in total. The normalized spacial score (nSPS) is 14.0. The standard InChI is InChI=1S/C61H48N4O2/c1-60(2,3)38-32-33-62-56(34-38)65-51-24-10-7-18-42(51)43-29-28-41(36-54(43)65)66-40-17-14-16-39(35-40)63-37-64(53-26-12-11-25-52(53)63)58-45(30-31-50-57(58)48-20-6-9-23-49(48)61(50,4)5)47-22-15-21-46-44-19-8-13-27-55(44)67-59(46)47/h6-36H,37H2,1-5H3. The molecule has 13 rings (SSSR count). The van der Waals surface area contributed by atoms with E-state index < -0.39 is 0 Å². The molecule has 2 aliphatic rings.